The normalized spacial score (nSPS) is 12.6. The third-order valence-corrected chi connectivity index (χ3v) is 1.90. The van der Waals surface area contributed by atoms with E-state index in [1.807, 2.05) is 30.3 Å². The topological polar surface area (TPSA) is 67.6 Å². The summed E-state index contributed by atoms with van der Waals surface area (Å²) in [6.45, 7) is 0. The van der Waals surface area contributed by atoms with Crippen LogP contribution in [0.15, 0.2) is 30.5 Å². The summed E-state index contributed by atoms with van der Waals surface area (Å²) in [5.41, 5.74) is 6.43. The van der Waals surface area contributed by atoms with Crippen LogP contribution in [-0.2, 0) is 0 Å². The second-order valence-electron chi connectivity index (χ2n) is 2.72. The van der Waals surface area contributed by atoms with Gasteiger partial charge in [-0.25, -0.2) is 4.68 Å². The van der Waals surface area contributed by atoms with Crippen molar-refractivity contribution < 1.29 is 0 Å². The van der Waals surface area contributed by atoms with Crippen LogP contribution in [0.5, 0.6) is 0 Å². The second-order valence-corrected chi connectivity index (χ2v) is 2.72. The summed E-state index contributed by atoms with van der Waals surface area (Å²) in [4.78, 5) is 0. The van der Waals surface area contributed by atoms with Gasteiger partial charge in [0.15, 0.2) is 6.17 Å². The fourth-order valence-corrected chi connectivity index (χ4v) is 1.27. The first kappa shape index (κ1) is 7.77. The van der Waals surface area contributed by atoms with E-state index in [4.69, 9.17) is 11.0 Å². The molecule has 64 valence electrons. The summed E-state index contributed by atoms with van der Waals surface area (Å²) in [6.07, 6.45) is 0.992. The SMILES string of the molecule is N#CC(N)n1ncc2ccccc21. The van der Waals surface area contributed by atoms with Crippen LogP contribution in [0, 0.1) is 11.3 Å². The second kappa shape index (κ2) is 2.88. The molecular formula is C9H8N4. The summed E-state index contributed by atoms with van der Waals surface area (Å²) in [5, 5.41) is 13.7. The van der Waals surface area contributed by atoms with Gasteiger partial charge in [0.1, 0.15) is 6.07 Å². The number of aromatic nitrogens is 2. The molecule has 0 spiro atoms. The van der Waals surface area contributed by atoms with Crippen LogP contribution in [0.2, 0.25) is 0 Å². The van der Waals surface area contributed by atoms with Crippen molar-refractivity contribution in [2.45, 2.75) is 6.17 Å². The first-order chi connectivity index (χ1) is 6.33. The zero-order chi connectivity index (χ0) is 9.26. The Kier molecular flexibility index (Phi) is 1.72. The fourth-order valence-electron chi connectivity index (χ4n) is 1.27. The lowest BCUT2D eigenvalue weighted by atomic mass is 10.2. The lowest BCUT2D eigenvalue weighted by Gasteiger charge is -2.03. The van der Waals surface area contributed by atoms with Crippen molar-refractivity contribution >= 4 is 10.9 Å². The Balaban J connectivity index is 2.66. The maximum absolute atomic E-state index is 8.63. The highest BCUT2D eigenvalue weighted by Gasteiger charge is 2.07. The van der Waals surface area contributed by atoms with Crippen LogP contribution in [0.3, 0.4) is 0 Å². The van der Waals surface area contributed by atoms with Gasteiger partial charge in [-0.1, -0.05) is 18.2 Å². The number of benzene rings is 1. The number of fused-ring (bicyclic) bond motifs is 1. The molecule has 1 atom stereocenters. The molecule has 2 aromatic rings. The van der Waals surface area contributed by atoms with Gasteiger partial charge in [-0.15, -0.1) is 0 Å². The molecule has 0 saturated carbocycles. The van der Waals surface area contributed by atoms with E-state index in [1.165, 1.54) is 4.68 Å². The molecule has 1 aromatic carbocycles. The highest BCUT2D eigenvalue weighted by molar-refractivity contribution is 5.78. The van der Waals surface area contributed by atoms with Crippen molar-refractivity contribution in [3.63, 3.8) is 0 Å². The monoisotopic (exact) mass is 172 g/mol. The van der Waals surface area contributed by atoms with Gasteiger partial charge in [-0.3, -0.25) is 5.73 Å². The van der Waals surface area contributed by atoms with Crippen LogP contribution in [0.1, 0.15) is 6.17 Å². The van der Waals surface area contributed by atoms with Gasteiger partial charge < -0.3 is 0 Å². The van der Waals surface area contributed by atoms with Gasteiger partial charge in [-0.2, -0.15) is 10.4 Å². The molecule has 0 aliphatic rings. The summed E-state index contributed by atoms with van der Waals surface area (Å²) in [5.74, 6) is 0. The average molecular weight is 172 g/mol. The molecule has 2 rings (SSSR count). The molecule has 1 heterocycles. The first-order valence-corrected chi connectivity index (χ1v) is 3.90. The Morgan fingerprint density at radius 3 is 3.00 bits per heavy atom. The average Bonchev–Trinajstić information content (AvgIpc) is 2.60. The highest BCUT2D eigenvalue weighted by atomic mass is 15.3. The van der Waals surface area contributed by atoms with Crippen LogP contribution in [0.4, 0.5) is 0 Å². The number of para-hydroxylation sites is 1. The predicted octanol–water partition coefficient (Wildman–Crippen LogP) is 1.02. The van der Waals surface area contributed by atoms with Gasteiger partial charge in [0.2, 0.25) is 0 Å². The van der Waals surface area contributed by atoms with Gasteiger partial charge in [-0.05, 0) is 6.07 Å². The molecule has 13 heavy (non-hydrogen) atoms. The van der Waals surface area contributed by atoms with Gasteiger partial charge in [0.25, 0.3) is 0 Å². The van der Waals surface area contributed by atoms with Crippen LogP contribution in [0.25, 0.3) is 10.9 Å². The van der Waals surface area contributed by atoms with E-state index in [-0.39, 0.29) is 0 Å². The largest absolute Gasteiger partial charge is 0.298 e. The summed E-state index contributed by atoms with van der Waals surface area (Å²) < 4.78 is 1.51. The predicted molar refractivity (Wildman–Crippen MR) is 48.6 cm³/mol. The summed E-state index contributed by atoms with van der Waals surface area (Å²) in [7, 11) is 0. The molecule has 0 aliphatic heterocycles. The third-order valence-electron chi connectivity index (χ3n) is 1.90. The number of nitrogens with zero attached hydrogens (tertiary/aromatic N) is 3. The maximum atomic E-state index is 8.63. The molecule has 0 radical (unpaired) electrons. The van der Waals surface area contributed by atoms with Crippen LogP contribution < -0.4 is 5.73 Å². The molecule has 0 saturated heterocycles. The lowest BCUT2D eigenvalue weighted by molar-refractivity contribution is 0.588. The number of hydrogen-bond donors (Lipinski definition) is 1. The highest BCUT2D eigenvalue weighted by Crippen LogP contribution is 2.14. The zero-order valence-corrected chi connectivity index (χ0v) is 6.88. The minimum atomic E-state index is -0.708. The molecule has 0 aliphatic carbocycles. The summed E-state index contributed by atoms with van der Waals surface area (Å²) >= 11 is 0. The molecule has 0 amide bonds. The minimum absolute atomic E-state index is 0.708. The molecule has 4 nitrogen and oxygen atoms in total. The number of nitrogens with two attached hydrogens (primary N) is 1. The van der Waals surface area contributed by atoms with E-state index in [0.29, 0.717) is 0 Å². The van der Waals surface area contributed by atoms with Gasteiger partial charge in [0.05, 0.1) is 11.7 Å². The standard InChI is InChI=1S/C9H8N4/c10-5-9(11)13-8-4-2-1-3-7(8)6-12-13/h1-4,6,9H,11H2. The maximum Gasteiger partial charge on any atom is 0.187 e. The van der Waals surface area contributed by atoms with Gasteiger partial charge >= 0.3 is 0 Å². The molecule has 0 bridgehead atoms. The zero-order valence-electron chi connectivity index (χ0n) is 6.88. The van der Waals surface area contributed by atoms with E-state index >= 15 is 0 Å². The van der Waals surface area contributed by atoms with E-state index in [1.54, 1.807) is 6.20 Å². The minimum Gasteiger partial charge on any atom is -0.298 e. The molecule has 0 fully saturated rings. The van der Waals surface area contributed by atoms with Crippen molar-refractivity contribution in [1.82, 2.24) is 9.78 Å². The molecule has 1 aromatic heterocycles. The quantitative estimate of drug-likeness (QED) is 0.698. The summed E-state index contributed by atoms with van der Waals surface area (Å²) in [6, 6.07) is 9.58. The number of hydrogen-bond acceptors (Lipinski definition) is 3. The van der Waals surface area contributed by atoms with Crippen molar-refractivity contribution in [2.75, 3.05) is 0 Å². The van der Waals surface area contributed by atoms with E-state index in [9.17, 15) is 0 Å². The Hall–Kier alpha value is -1.86. The molecule has 4 heteroatoms. The van der Waals surface area contributed by atoms with E-state index in [2.05, 4.69) is 5.10 Å². The lowest BCUT2D eigenvalue weighted by Crippen LogP contribution is -2.17. The first-order valence-electron chi connectivity index (χ1n) is 3.90. The van der Waals surface area contributed by atoms with Crippen molar-refractivity contribution in [1.29, 1.82) is 5.26 Å². The Morgan fingerprint density at radius 1 is 1.46 bits per heavy atom. The third kappa shape index (κ3) is 1.15. The Morgan fingerprint density at radius 2 is 2.23 bits per heavy atom. The molecule has 1 unspecified atom stereocenters. The molecule has 2 N–H and O–H groups in total. The molecular weight excluding hydrogens is 164 g/mol. The number of rotatable bonds is 1. The van der Waals surface area contributed by atoms with Crippen molar-refractivity contribution in [3.05, 3.63) is 30.5 Å². The Bertz CT molecular complexity index is 466. The van der Waals surface area contributed by atoms with Crippen LogP contribution in [-0.4, -0.2) is 9.78 Å². The van der Waals surface area contributed by atoms with Crippen LogP contribution >= 0.6 is 0 Å². The van der Waals surface area contributed by atoms with E-state index < -0.39 is 6.17 Å². The number of nitriles is 1. The van der Waals surface area contributed by atoms with Crippen molar-refractivity contribution in [2.24, 2.45) is 5.73 Å². The fraction of sp³-hybridized carbons (Fsp3) is 0.111. The smallest absolute Gasteiger partial charge is 0.187 e. The van der Waals surface area contributed by atoms with Crippen molar-refractivity contribution in [3.8, 4) is 6.07 Å². The van der Waals surface area contributed by atoms with E-state index in [0.717, 1.165) is 10.9 Å². The van der Waals surface area contributed by atoms with Gasteiger partial charge in [0, 0.05) is 5.39 Å². The Labute approximate surface area is 75.2 Å².